The van der Waals surface area contributed by atoms with Crippen molar-refractivity contribution in [2.45, 2.75) is 263 Å². The first-order chi connectivity index (χ1) is 40.0. The topological polar surface area (TPSA) is 244 Å². The quantitative estimate of drug-likeness (QED) is 0.0387. The normalized spacial score (nSPS) is 25.9. The molecule has 6 rings (SSSR count). The molecule has 2 N–H and O–H groups in total. The molecule has 0 bridgehead atoms. The van der Waals surface area contributed by atoms with E-state index in [2.05, 4.69) is 6.92 Å². The van der Waals surface area contributed by atoms with Crippen molar-refractivity contribution in [1.82, 2.24) is 0 Å². The third-order valence-corrected chi connectivity index (χ3v) is 21.2. The average molecular weight is 1220 g/mol. The fraction of sp³-hybridized carbons (Fsp3) is 0.821. The van der Waals surface area contributed by atoms with Crippen molar-refractivity contribution in [2.75, 3.05) is 33.2 Å². The number of carbonyl (C=O) groups excluding carboxylic acids is 5. The molecule has 4 saturated heterocycles. The van der Waals surface area contributed by atoms with Gasteiger partial charge in [0.15, 0.2) is 29.8 Å². The Kier molecular flexibility index (Phi) is 22.7. The summed E-state index contributed by atoms with van der Waals surface area (Å²) in [5.74, 6) is -3.79. The van der Waals surface area contributed by atoms with E-state index in [1.54, 1.807) is 59.7 Å². The van der Waals surface area contributed by atoms with Gasteiger partial charge in [0.2, 0.25) is 6.79 Å². The zero-order valence-corrected chi connectivity index (χ0v) is 55.1. The van der Waals surface area contributed by atoms with Crippen molar-refractivity contribution < 1.29 is 91.1 Å². The summed E-state index contributed by atoms with van der Waals surface area (Å²) >= 11 is 0. The SMILES string of the molecule is CCCCCCC(C)OC(=O)C(CC(C)(C)C(C)(CC(C)(C)C(C)(CC(C)(C)C(C)(CC)C(=O)O)C(=O)OC1COC2C(OC(=O)C(CC)CC)COC12)C(=O)OC1COC2C(O)COC12)C(C)(C)CC(C)(C)C(=O)OCc1ccc2c(c1)OCO2. The van der Waals surface area contributed by atoms with Gasteiger partial charge in [0.1, 0.15) is 37.1 Å². The number of rotatable bonds is 32. The summed E-state index contributed by atoms with van der Waals surface area (Å²) in [7, 11) is 0. The van der Waals surface area contributed by atoms with Crippen molar-refractivity contribution >= 4 is 35.8 Å². The zero-order chi connectivity index (χ0) is 64.2. The molecule has 13 unspecified atom stereocenters. The Morgan fingerprint density at radius 1 is 0.593 bits per heavy atom. The molecule has 5 aliphatic heterocycles. The van der Waals surface area contributed by atoms with Gasteiger partial charge in [-0.3, -0.25) is 28.8 Å². The maximum atomic E-state index is 16.0. The second-order valence-electron chi connectivity index (χ2n) is 29.5. The van der Waals surface area contributed by atoms with E-state index in [4.69, 9.17) is 52.1 Å². The fourth-order valence-electron chi connectivity index (χ4n) is 14.2. The number of aliphatic carboxylic acids is 1. The fourth-order valence-corrected chi connectivity index (χ4v) is 14.2. The molecule has 0 spiro atoms. The van der Waals surface area contributed by atoms with E-state index >= 15 is 14.4 Å². The molecule has 1 aromatic carbocycles. The average Bonchev–Trinajstić information content (AvgIpc) is 1.02. The highest BCUT2D eigenvalue weighted by molar-refractivity contribution is 5.82. The van der Waals surface area contributed by atoms with Crippen molar-refractivity contribution in [3.05, 3.63) is 23.8 Å². The molecule has 488 valence electrons. The lowest BCUT2D eigenvalue weighted by Crippen LogP contribution is -2.56. The van der Waals surface area contributed by atoms with Crippen LogP contribution in [-0.4, -0.2) is 134 Å². The van der Waals surface area contributed by atoms with Gasteiger partial charge in [-0.05, 0) is 139 Å². The predicted octanol–water partition coefficient (Wildman–Crippen LogP) is 11.3. The van der Waals surface area contributed by atoms with Crippen LogP contribution in [0.5, 0.6) is 11.5 Å². The van der Waals surface area contributed by atoms with E-state index in [-0.39, 0.29) is 83.8 Å². The van der Waals surface area contributed by atoms with Crippen molar-refractivity contribution in [3.63, 3.8) is 0 Å². The van der Waals surface area contributed by atoms with Crippen LogP contribution in [0.2, 0.25) is 0 Å². The Morgan fingerprint density at radius 3 is 1.65 bits per heavy atom. The van der Waals surface area contributed by atoms with Crippen LogP contribution in [0.15, 0.2) is 18.2 Å². The monoisotopic (exact) mass is 1210 g/mol. The van der Waals surface area contributed by atoms with Crippen LogP contribution < -0.4 is 9.47 Å². The van der Waals surface area contributed by atoms with Gasteiger partial charge < -0.3 is 62.3 Å². The summed E-state index contributed by atoms with van der Waals surface area (Å²) < 4.78 is 66.9. The molecule has 0 aliphatic carbocycles. The van der Waals surface area contributed by atoms with Crippen LogP contribution in [-0.2, 0) is 78.0 Å². The molecule has 13 atom stereocenters. The van der Waals surface area contributed by atoms with Gasteiger partial charge in [0.25, 0.3) is 0 Å². The number of carboxylic acid groups (broad SMARTS) is 1. The van der Waals surface area contributed by atoms with Crippen LogP contribution in [0, 0.1) is 55.2 Å². The van der Waals surface area contributed by atoms with Gasteiger partial charge in [0, 0.05) is 0 Å². The number of aliphatic hydroxyl groups is 1. The maximum absolute atomic E-state index is 16.0. The molecule has 19 nitrogen and oxygen atoms in total. The first kappa shape index (κ1) is 70.5. The van der Waals surface area contributed by atoms with E-state index in [1.807, 2.05) is 76.2 Å². The molecule has 1 aromatic rings. The highest BCUT2D eigenvalue weighted by atomic mass is 16.7. The summed E-state index contributed by atoms with van der Waals surface area (Å²) in [5.41, 5.74) is -9.59. The second-order valence-corrected chi connectivity index (χ2v) is 29.5. The Morgan fingerprint density at radius 2 is 1.10 bits per heavy atom. The van der Waals surface area contributed by atoms with E-state index < -0.39 is 134 Å². The van der Waals surface area contributed by atoms with Crippen LogP contribution >= 0.6 is 0 Å². The third-order valence-electron chi connectivity index (χ3n) is 21.2. The molecule has 5 heterocycles. The lowest BCUT2D eigenvalue weighted by molar-refractivity contribution is -0.193. The lowest BCUT2D eigenvalue weighted by Gasteiger charge is -2.55. The molecule has 5 aliphatic rings. The minimum absolute atomic E-state index is 0.0106. The van der Waals surface area contributed by atoms with Crippen molar-refractivity contribution in [1.29, 1.82) is 0 Å². The number of unbranched alkanes of at least 4 members (excludes halogenated alkanes) is 3. The third kappa shape index (κ3) is 15.0. The standard InChI is InChI=1S/C67H106O19/c1-19-23-24-25-26-40(5)83-55(70)43(60(6,7)36-61(8,9)57(73)80-31-41-27-28-45-46(29-41)82-39-81-45)30-62(10,11)66(17,58(74)85-48-34-77-50-44(68)32-76-51(48)50)38-64(14,15)67(18,37-63(12,13)65(16,22-4)56(71)72)59(75)86-49-35-79-52-47(33-78-53(49)52)84-54(69)42(20-2)21-3/h27-29,40,42-44,47-53,68H,19-26,30-39H2,1-18H3,(H,71,72). The maximum Gasteiger partial charge on any atom is 0.312 e. The molecular weight excluding hydrogens is 1110 g/mol. The Labute approximate surface area is 511 Å². The highest BCUT2D eigenvalue weighted by Gasteiger charge is 2.64. The molecule has 0 aromatic heterocycles. The largest absolute Gasteiger partial charge is 0.481 e. The van der Waals surface area contributed by atoms with Crippen LogP contribution in [0.25, 0.3) is 0 Å². The highest BCUT2D eigenvalue weighted by Crippen LogP contribution is 2.62. The molecule has 0 radical (unpaired) electrons. The first-order valence-corrected chi connectivity index (χ1v) is 31.7. The lowest BCUT2D eigenvalue weighted by atomic mass is 9.48. The van der Waals surface area contributed by atoms with Gasteiger partial charge >= 0.3 is 35.8 Å². The Hall–Kier alpha value is -4.56. The molecule has 0 saturated carbocycles. The van der Waals surface area contributed by atoms with Gasteiger partial charge in [-0.2, -0.15) is 0 Å². The van der Waals surface area contributed by atoms with E-state index in [0.29, 0.717) is 36.3 Å². The number of benzene rings is 1. The molecule has 4 fully saturated rings. The Bertz CT molecular complexity index is 2530. The van der Waals surface area contributed by atoms with Crippen LogP contribution in [0.4, 0.5) is 0 Å². The number of aliphatic hydroxyl groups excluding tert-OH is 1. The number of ether oxygens (including phenoxy) is 11. The number of carboxylic acids is 1. The van der Waals surface area contributed by atoms with Gasteiger partial charge in [-0.25, -0.2) is 0 Å². The van der Waals surface area contributed by atoms with Gasteiger partial charge in [-0.15, -0.1) is 0 Å². The minimum Gasteiger partial charge on any atom is -0.481 e. The summed E-state index contributed by atoms with van der Waals surface area (Å²) in [6.45, 7) is 33.6. The number of carbonyl (C=O) groups is 6. The first-order valence-electron chi connectivity index (χ1n) is 31.7. The number of esters is 5. The van der Waals surface area contributed by atoms with E-state index in [9.17, 15) is 24.6 Å². The summed E-state index contributed by atoms with van der Waals surface area (Å²) in [5, 5.41) is 21.7. The number of hydrogen-bond donors (Lipinski definition) is 2. The summed E-state index contributed by atoms with van der Waals surface area (Å²) in [6, 6.07) is 5.35. The van der Waals surface area contributed by atoms with Crippen LogP contribution in [0.3, 0.4) is 0 Å². The van der Waals surface area contributed by atoms with Crippen LogP contribution in [0.1, 0.15) is 207 Å². The Balaban J connectivity index is 1.40. The number of hydrogen-bond acceptors (Lipinski definition) is 18. The minimum atomic E-state index is -1.61. The molecule has 86 heavy (non-hydrogen) atoms. The molecule has 19 heteroatoms. The smallest absolute Gasteiger partial charge is 0.312 e. The molecular formula is C67H106O19. The van der Waals surface area contributed by atoms with Gasteiger partial charge in [-0.1, -0.05) is 108 Å². The van der Waals surface area contributed by atoms with Gasteiger partial charge in [0.05, 0.1) is 66.0 Å². The van der Waals surface area contributed by atoms with Crippen molar-refractivity contribution in [2.24, 2.45) is 55.2 Å². The molecule has 0 amide bonds. The zero-order valence-electron chi connectivity index (χ0n) is 55.1. The predicted molar refractivity (Wildman–Crippen MR) is 318 cm³/mol. The second kappa shape index (κ2) is 27.7. The van der Waals surface area contributed by atoms with E-state index in [0.717, 1.165) is 25.7 Å². The number of fused-ring (bicyclic) bond motifs is 3. The summed E-state index contributed by atoms with van der Waals surface area (Å²) in [6.07, 6.45) is -0.852. The van der Waals surface area contributed by atoms with Crippen molar-refractivity contribution in [3.8, 4) is 11.5 Å². The van der Waals surface area contributed by atoms with E-state index in [1.165, 1.54) is 0 Å². The summed E-state index contributed by atoms with van der Waals surface area (Å²) in [4.78, 5) is 87.9.